The summed E-state index contributed by atoms with van der Waals surface area (Å²) < 4.78 is 0. The quantitative estimate of drug-likeness (QED) is 0.734. The van der Waals surface area contributed by atoms with Gasteiger partial charge in [-0.2, -0.15) is 0 Å². The minimum absolute atomic E-state index is 0.102. The molecular formula is C12H16N4O3. The first-order valence-electron chi connectivity index (χ1n) is 6.18. The smallest absolute Gasteiger partial charge is 0.306 e. The van der Waals surface area contributed by atoms with Gasteiger partial charge in [0.1, 0.15) is 0 Å². The van der Waals surface area contributed by atoms with Crippen molar-refractivity contribution >= 4 is 17.7 Å². The molecule has 1 saturated carbocycles. The van der Waals surface area contributed by atoms with Crippen LogP contribution in [0.15, 0.2) is 12.4 Å². The van der Waals surface area contributed by atoms with Crippen molar-refractivity contribution in [1.29, 1.82) is 0 Å². The van der Waals surface area contributed by atoms with E-state index in [4.69, 9.17) is 10.8 Å². The van der Waals surface area contributed by atoms with Crippen molar-refractivity contribution in [3.63, 3.8) is 0 Å². The lowest BCUT2D eigenvalue weighted by molar-refractivity contribution is -0.142. The van der Waals surface area contributed by atoms with Crippen LogP contribution in [0.1, 0.15) is 36.2 Å². The molecule has 4 N–H and O–H groups in total. The molecule has 0 unspecified atom stereocenters. The molecule has 0 bridgehead atoms. The minimum atomic E-state index is -0.740. The fraction of sp³-hybridized carbons (Fsp3) is 0.500. The van der Waals surface area contributed by atoms with Crippen molar-refractivity contribution < 1.29 is 14.7 Å². The summed E-state index contributed by atoms with van der Waals surface area (Å²) in [6.45, 7) is 0. The van der Waals surface area contributed by atoms with Crippen molar-refractivity contribution in [2.75, 3.05) is 5.32 Å². The molecule has 2 rings (SSSR count). The van der Waals surface area contributed by atoms with Crippen molar-refractivity contribution in [3.05, 3.63) is 18.1 Å². The molecule has 19 heavy (non-hydrogen) atoms. The number of carboxylic acids is 1. The van der Waals surface area contributed by atoms with E-state index in [1.807, 2.05) is 0 Å². The van der Waals surface area contributed by atoms with Gasteiger partial charge in [0.15, 0.2) is 11.5 Å². The van der Waals surface area contributed by atoms with E-state index in [0.29, 0.717) is 18.7 Å². The Balaban J connectivity index is 2.00. The van der Waals surface area contributed by atoms with Crippen molar-refractivity contribution in [1.82, 2.24) is 9.97 Å². The number of nitrogens with zero attached hydrogens (tertiary/aromatic N) is 2. The maximum atomic E-state index is 11.2. The molecule has 1 aromatic rings. The Morgan fingerprint density at radius 1 is 1.21 bits per heavy atom. The number of nitrogens with two attached hydrogens (primary N) is 1. The molecule has 0 spiro atoms. The zero-order valence-electron chi connectivity index (χ0n) is 10.4. The van der Waals surface area contributed by atoms with Crippen molar-refractivity contribution in [3.8, 4) is 0 Å². The lowest BCUT2D eigenvalue weighted by Gasteiger charge is -2.27. The van der Waals surface area contributed by atoms with Crippen LogP contribution in [0.2, 0.25) is 0 Å². The third kappa shape index (κ3) is 3.18. The molecule has 0 aromatic carbocycles. The Morgan fingerprint density at radius 2 is 1.84 bits per heavy atom. The summed E-state index contributed by atoms with van der Waals surface area (Å²) in [7, 11) is 0. The number of primary amides is 1. The molecular weight excluding hydrogens is 248 g/mol. The molecule has 1 fully saturated rings. The SMILES string of the molecule is NC(=O)c1nccnc1NC1CCC(C(=O)O)CC1. The number of carboxylic acid groups (broad SMARTS) is 1. The van der Waals surface area contributed by atoms with Crippen LogP contribution in [0.5, 0.6) is 0 Å². The predicted molar refractivity (Wildman–Crippen MR) is 67.6 cm³/mol. The molecule has 0 atom stereocenters. The fourth-order valence-electron chi connectivity index (χ4n) is 2.30. The lowest BCUT2D eigenvalue weighted by Crippen LogP contribution is -2.30. The highest BCUT2D eigenvalue weighted by molar-refractivity contribution is 5.95. The first kappa shape index (κ1) is 13.3. The van der Waals surface area contributed by atoms with Crippen LogP contribution < -0.4 is 11.1 Å². The van der Waals surface area contributed by atoms with Gasteiger partial charge in [0, 0.05) is 18.4 Å². The summed E-state index contributed by atoms with van der Waals surface area (Å²) in [4.78, 5) is 30.0. The summed E-state index contributed by atoms with van der Waals surface area (Å²) in [6, 6.07) is 0.102. The van der Waals surface area contributed by atoms with Gasteiger partial charge in [-0.25, -0.2) is 9.97 Å². The number of hydrogen-bond acceptors (Lipinski definition) is 5. The Morgan fingerprint density at radius 3 is 2.42 bits per heavy atom. The van der Waals surface area contributed by atoms with Crippen LogP contribution >= 0.6 is 0 Å². The van der Waals surface area contributed by atoms with E-state index in [1.54, 1.807) is 0 Å². The zero-order chi connectivity index (χ0) is 13.8. The number of aliphatic carboxylic acids is 1. The second-order valence-electron chi connectivity index (χ2n) is 4.65. The maximum Gasteiger partial charge on any atom is 0.306 e. The zero-order valence-corrected chi connectivity index (χ0v) is 10.4. The van der Waals surface area contributed by atoms with E-state index in [9.17, 15) is 9.59 Å². The molecule has 1 heterocycles. The summed E-state index contributed by atoms with van der Waals surface area (Å²) in [6.07, 6.45) is 5.60. The topological polar surface area (TPSA) is 118 Å². The third-order valence-electron chi connectivity index (χ3n) is 3.35. The van der Waals surface area contributed by atoms with Crippen molar-refractivity contribution in [2.24, 2.45) is 11.7 Å². The fourth-order valence-corrected chi connectivity index (χ4v) is 2.30. The average molecular weight is 264 g/mol. The Labute approximate surface area is 110 Å². The number of carbonyl (C=O) groups is 2. The molecule has 0 radical (unpaired) electrons. The van der Waals surface area contributed by atoms with E-state index in [1.165, 1.54) is 12.4 Å². The van der Waals surface area contributed by atoms with Crippen LogP contribution in [-0.2, 0) is 4.79 Å². The van der Waals surface area contributed by atoms with Gasteiger partial charge in [-0.05, 0) is 25.7 Å². The number of rotatable bonds is 4. The normalized spacial score (nSPS) is 22.7. The monoisotopic (exact) mass is 264 g/mol. The van der Waals surface area contributed by atoms with Gasteiger partial charge in [0.25, 0.3) is 5.91 Å². The first-order valence-corrected chi connectivity index (χ1v) is 6.18. The molecule has 1 aliphatic rings. The molecule has 7 nitrogen and oxygen atoms in total. The van der Waals surface area contributed by atoms with E-state index in [-0.39, 0.29) is 17.7 Å². The maximum absolute atomic E-state index is 11.2. The largest absolute Gasteiger partial charge is 0.481 e. The lowest BCUT2D eigenvalue weighted by atomic mass is 9.86. The van der Waals surface area contributed by atoms with Gasteiger partial charge >= 0.3 is 5.97 Å². The summed E-state index contributed by atoms with van der Waals surface area (Å²) >= 11 is 0. The molecule has 102 valence electrons. The molecule has 1 amide bonds. The van der Waals surface area contributed by atoms with E-state index >= 15 is 0 Å². The van der Waals surface area contributed by atoms with E-state index < -0.39 is 11.9 Å². The van der Waals surface area contributed by atoms with Crippen LogP contribution in [0.25, 0.3) is 0 Å². The van der Waals surface area contributed by atoms with E-state index in [2.05, 4.69) is 15.3 Å². The minimum Gasteiger partial charge on any atom is -0.481 e. The number of nitrogens with one attached hydrogen (secondary N) is 1. The molecule has 1 aromatic heterocycles. The van der Waals surface area contributed by atoms with Gasteiger partial charge in [-0.1, -0.05) is 0 Å². The average Bonchev–Trinajstić information content (AvgIpc) is 2.39. The Kier molecular flexibility index (Phi) is 3.94. The standard InChI is InChI=1S/C12H16N4O3/c13-10(17)9-11(15-6-5-14-9)16-8-3-1-7(2-4-8)12(18)19/h5-8H,1-4H2,(H2,13,17)(H,15,16)(H,18,19). The van der Waals surface area contributed by atoms with Crippen LogP contribution in [0.4, 0.5) is 5.82 Å². The highest BCUT2D eigenvalue weighted by Gasteiger charge is 2.26. The van der Waals surface area contributed by atoms with E-state index in [0.717, 1.165) is 12.8 Å². The predicted octanol–water partition coefficient (Wildman–Crippen LogP) is 0.631. The van der Waals surface area contributed by atoms with Gasteiger partial charge in [-0.3, -0.25) is 9.59 Å². The summed E-state index contributed by atoms with van der Waals surface area (Å²) in [5, 5.41) is 12.1. The molecule has 1 aliphatic carbocycles. The highest BCUT2D eigenvalue weighted by Crippen LogP contribution is 2.26. The van der Waals surface area contributed by atoms with Gasteiger partial charge in [-0.15, -0.1) is 0 Å². The highest BCUT2D eigenvalue weighted by atomic mass is 16.4. The van der Waals surface area contributed by atoms with Crippen LogP contribution in [0.3, 0.4) is 0 Å². The number of carbonyl (C=O) groups excluding carboxylic acids is 1. The van der Waals surface area contributed by atoms with Gasteiger partial charge in [0.05, 0.1) is 5.92 Å². The second kappa shape index (κ2) is 5.64. The second-order valence-corrected chi connectivity index (χ2v) is 4.65. The molecule has 7 heteroatoms. The molecule has 0 saturated heterocycles. The Hall–Kier alpha value is -2.18. The summed E-state index contributed by atoms with van der Waals surface area (Å²) in [5.74, 6) is -1.27. The first-order chi connectivity index (χ1) is 9.08. The van der Waals surface area contributed by atoms with Crippen LogP contribution in [-0.4, -0.2) is 33.0 Å². The Bertz CT molecular complexity index is 484. The third-order valence-corrected chi connectivity index (χ3v) is 3.35. The van der Waals surface area contributed by atoms with Crippen LogP contribution in [0, 0.1) is 5.92 Å². The number of aromatic nitrogens is 2. The van der Waals surface area contributed by atoms with Gasteiger partial charge < -0.3 is 16.2 Å². The van der Waals surface area contributed by atoms with Gasteiger partial charge in [0.2, 0.25) is 0 Å². The number of amides is 1. The summed E-state index contributed by atoms with van der Waals surface area (Å²) in [5.41, 5.74) is 5.34. The number of hydrogen-bond donors (Lipinski definition) is 3. The van der Waals surface area contributed by atoms with Crippen molar-refractivity contribution in [2.45, 2.75) is 31.7 Å². The number of anilines is 1. The molecule has 0 aliphatic heterocycles.